The van der Waals surface area contributed by atoms with Crippen LogP contribution >= 0.6 is 46.1 Å². The molecule has 12 heteroatoms. The van der Waals surface area contributed by atoms with E-state index in [1.807, 2.05) is 12.1 Å². The monoisotopic (exact) mass is 608 g/mol. The minimum Gasteiger partial charge on any atom is -0.489 e. The Balaban J connectivity index is 1.83. The van der Waals surface area contributed by atoms with Crippen molar-refractivity contribution in [2.45, 2.75) is 25.3 Å². The first-order valence-electron chi connectivity index (χ1n) is 12.1. The zero-order valence-corrected chi connectivity index (χ0v) is 24.1. The van der Waals surface area contributed by atoms with E-state index in [4.69, 9.17) is 51.0 Å². The van der Waals surface area contributed by atoms with Gasteiger partial charge in [0, 0.05) is 46.1 Å². The lowest BCUT2D eigenvalue weighted by Gasteiger charge is -2.36. The molecular formula is C27H27Cl3N4O4S. The molecule has 1 aromatic heterocycles. The molecule has 1 saturated heterocycles. The highest BCUT2D eigenvalue weighted by Gasteiger charge is 2.39. The molecule has 0 unspecified atom stereocenters. The number of nitrogens with one attached hydrogen (secondary N) is 1. The number of hydrogen-bond donors (Lipinski definition) is 3. The predicted octanol–water partition coefficient (Wildman–Crippen LogP) is 4.98. The smallest absolute Gasteiger partial charge is 0.267 e. The first-order chi connectivity index (χ1) is 18.5. The molecule has 2 heterocycles. The number of primary amides is 1. The van der Waals surface area contributed by atoms with E-state index in [0.29, 0.717) is 41.7 Å². The molecule has 3 amide bonds. The van der Waals surface area contributed by atoms with Crippen LogP contribution in [0.3, 0.4) is 0 Å². The molecule has 206 valence electrons. The Labute approximate surface area is 245 Å². The van der Waals surface area contributed by atoms with Gasteiger partial charge in [0.1, 0.15) is 11.5 Å². The van der Waals surface area contributed by atoms with Crippen molar-refractivity contribution in [2.24, 2.45) is 11.5 Å². The number of carbonyl (C=O) groups is 3. The third kappa shape index (κ3) is 6.50. The third-order valence-electron chi connectivity index (χ3n) is 6.52. The largest absolute Gasteiger partial charge is 0.489 e. The minimum absolute atomic E-state index is 0.124. The molecule has 2 aromatic carbocycles. The number of likely N-dealkylation sites (tertiary alicyclic amines) is 1. The summed E-state index contributed by atoms with van der Waals surface area (Å²) < 4.78 is 6.21. The van der Waals surface area contributed by atoms with E-state index in [1.54, 1.807) is 35.2 Å². The molecule has 0 atom stereocenters. The van der Waals surface area contributed by atoms with Crippen molar-refractivity contribution in [1.29, 1.82) is 0 Å². The summed E-state index contributed by atoms with van der Waals surface area (Å²) in [6.45, 7) is 2.30. The van der Waals surface area contributed by atoms with Crippen LogP contribution in [0.2, 0.25) is 15.1 Å². The van der Waals surface area contributed by atoms with Crippen LogP contribution in [0.15, 0.2) is 42.5 Å². The Bertz CT molecular complexity index is 1400. The van der Waals surface area contributed by atoms with Gasteiger partial charge in [0.2, 0.25) is 11.8 Å². The van der Waals surface area contributed by atoms with Gasteiger partial charge >= 0.3 is 0 Å². The second-order valence-corrected chi connectivity index (χ2v) is 11.5. The number of piperidine rings is 1. The highest BCUT2D eigenvalue weighted by atomic mass is 35.5. The summed E-state index contributed by atoms with van der Waals surface area (Å²) in [4.78, 5) is 39.9. The fraction of sp³-hybridized carbons (Fsp3) is 0.296. The number of halogens is 3. The lowest BCUT2D eigenvalue weighted by molar-refractivity contribution is -0.124. The molecule has 1 aliphatic rings. The fourth-order valence-electron chi connectivity index (χ4n) is 4.32. The van der Waals surface area contributed by atoms with Crippen molar-refractivity contribution in [1.82, 2.24) is 10.2 Å². The van der Waals surface area contributed by atoms with Gasteiger partial charge in [-0.2, -0.15) is 0 Å². The molecule has 0 spiro atoms. The van der Waals surface area contributed by atoms with Gasteiger partial charge in [-0.25, -0.2) is 0 Å². The SMILES string of the molecule is CC(=O)NCCOc1c(C(=O)N2CCC(N)(C(N)=O)CC2)sc(-c2ccc(Cl)cc2Cl)c1-c1ccc(Cl)cc1. The predicted molar refractivity (Wildman–Crippen MR) is 156 cm³/mol. The Hall–Kier alpha value is -2.82. The standard InChI is InChI=1S/C27H27Cl3N4O4S/c1-15(35)33-10-13-38-22-21(16-2-4-17(28)5-3-16)23(19-7-6-18(29)14-20(19)30)39-24(22)25(36)34-11-8-27(32,9-12-34)26(31)37/h2-7,14H,8-13,32H2,1H3,(H2,31,37)(H,33,35). The summed E-state index contributed by atoms with van der Waals surface area (Å²) in [5, 5.41) is 4.14. The van der Waals surface area contributed by atoms with Gasteiger partial charge in [0.15, 0.2) is 5.75 Å². The van der Waals surface area contributed by atoms with Gasteiger partial charge in [0.05, 0.1) is 17.1 Å². The van der Waals surface area contributed by atoms with Crippen molar-refractivity contribution < 1.29 is 19.1 Å². The molecule has 0 bridgehead atoms. The van der Waals surface area contributed by atoms with Gasteiger partial charge < -0.3 is 26.4 Å². The number of ether oxygens (including phenoxy) is 1. The number of thiophene rings is 1. The molecular weight excluding hydrogens is 583 g/mol. The van der Waals surface area contributed by atoms with Crippen molar-refractivity contribution in [2.75, 3.05) is 26.2 Å². The number of rotatable bonds is 8. The molecule has 1 fully saturated rings. The van der Waals surface area contributed by atoms with E-state index < -0.39 is 11.4 Å². The van der Waals surface area contributed by atoms with E-state index in [9.17, 15) is 14.4 Å². The van der Waals surface area contributed by atoms with Crippen LogP contribution in [0, 0.1) is 0 Å². The van der Waals surface area contributed by atoms with Gasteiger partial charge in [-0.15, -0.1) is 11.3 Å². The normalized spacial score (nSPS) is 14.6. The molecule has 39 heavy (non-hydrogen) atoms. The summed E-state index contributed by atoms with van der Waals surface area (Å²) >= 11 is 20.2. The zero-order chi connectivity index (χ0) is 28.3. The van der Waals surface area contributed by atoms with Gasteiger partial charge in [-0.1, -0.05) is 53.0 Å². The maximum Gasteiger partial charge on any atom is 0.267 e. The van der Waals surface area contributed by atoms with Gasteiger partial charge in [-0.05, 0) is 42.7 Å². The Morgan fingerprint density at radius 3 is 2.28 bits per heavy atom. The third-order valence-corrected chi connectivity index (χ3v) is 8.52. The Kier molecular flexibility index (Phi) is 9.08. The number of carbonyl (C=O) groups excluding carboxylic acids is 3. The number of benzene rings is 2. The number of amides is 3. The lowest BCUT2D eigenvalue weighted by Crippen LogP contribution is -2.58. The van der Waals surface area contributed by atoms with E-state index in [-0.39, 0.29) is 50.9 Å². The molecule has 0 saturated carbocycles. The lowest BCUT2D eigenvalue weighted by atomic mass is 9.88. The van der Waals surface area contributed by atoms with Crippen LogP contribution in [0.1, 0.15) is 29.4 Å². The molecule has 0 radical (unpaired) electrons. The number of hydrogen-bond acceptors (Lipinski definition) is 6. The van der Waals surface area contributed by atoms with Crippen molar-refractivity contribution >= 4 is 63.9 Å². The molecule has 3 aromatic rings. The first-order valence-corrected chi connectivity index (χ1v) is 14.1. The van der Waals surface area contributed by atoms with Gasteiger partial charge in [-0.3, -0.25) is 14.4 Å². The van der Waals surface area contributed by atoms with Crippen LogP contribution in [-0.4, -0.2) is 54.4 Å². The van der Waals surface area contributed by atoms with Crippen LogP contribution < -0.4 is 21.5 Å². The highest BCUT2D eigenvalue weighted by Crippen LogP contribution is 2.50. The summed E-state index contributed by atoms with van der Waals surface area (Å²) in [7, 11) is 0. The van der Waals surface area contributed by atoms with E-state index in [1.165, 1.54) is 18.3 Å². The first kappa shape index (κ1) is 29.2. The van der Waals surface area contributed by atoms with Crippen LogP contribution in [0.4, 0.5) is 0 Å². The van der Waals surface area contributed by atoms with Crippen molar-refractivity contribution in [3.8, 4) is 27.3 Å². The van der Waals surface area contributed by atoms with E-state index >= 15 is 0 Å². The zero-order valence-electron chi connectivity index (χ0n) is 21.1. The number of nitrogens with zero attached hydrogens (tertiary/aromatic N) is 1. The Morgan fingerprint density at radius 1 is 1.05 bits per heavy atom. The summed E-state index contributed by atoms with van der Waals surface area (Å²) in [6, 6.07) is 12.3. The van der Waals surface area contributed by atoms with Crippen LogP contribution in [0.5, 0.6) is 5.75 Å². The van der Waals surface area contributed by atoms with Crippen molar-refractivity contribution in [3.63, 3.8) is 0 Å². The van der Waals surface area contributed by atoms with Crippen LogP contribution in [-0.2, 0) is 9.59 Å². The van der Waals surface area contributed by atoms with Gasteiger partial charge in [0.25, 0.3) is 5.91 Å². The highest BCUT2D eigenvalue weighted by molar-refractivity contribution is 7.18. The average molecular weight is 610 g/mol. The second-order valence-electron chi connectivity index (χ2n) is 9.24. The average Bonchev–Trinajstić information content (AvgIpc) is 3.26. The molecule has 4 rings (SSSR count). The quantitative estimate of drug-likeness (QED) is 0.311. The fourth-order valence-corrected chi connectivity index (χ4v) is 6.28. The molecule has 8 nitrogen and oxygen atoms in total. The summed E-state index contributed by atoms with van der Waals surface area (Å²) in [6.07, 6.45) is 0.496. The van der Waals surface area contributed by atoms with E-state index in [2.05, 4.69) is 5.32 Å². The molecule has 1 aliphatic heterocycles. The van der Waals surface area contributed by atoms with Crippen LogP contribution in [0.25, 0.3) is 21.6 Å². The molecule has 0 aliphatic carbocycles. The number of nitrogens with two attached hydrogens (primary N) is 2. The molecule has 5 N–H and O–H groups in total. The van der Waals surface area contributed by atoms with Crippen molar-refractivity contribution in [3.05, 3.63) is 62.4 Å². The second kappa shape index (κ2) is 12.1. The topological polar surface area (TPSA) is 128 Å². The Morgan fingerprint density at radius 2 is 1.69 bits per heavy atom. The maximum atomic E-state index is 13.9. The minimum atomic E-state index is -1.15. The summed E-state index contributed by atoms with van der Waals surface area (Å²) in [5.74, 6) is -0.692. The maximum absolute atomic E-state index is 13.9. The van der Waals surface area contributed by atoms with E-state index in [0.717, 1.165) is 5.56 Å². The summed E-state index contributed by atoms with van der Waals surface area (Å²) in [5.41, 5.74) is 12.6.